The maximum Gasteiger partial charge on any atom is 0.101 e. The van der Waals surface area contributed by atoms with Gasteiger partial charge in [0.05, 0.1) is 6.26 Å². The zero-order valence-corrected chi connectivity index (χ0v) is 9.18. The summed E-state index contributed by atoms with van der Waals surface area (Å²) in [6, 6.07) is 0. The predicted octanol–water partition coefficient (Wildman–Crippen LogP) is 3.90. The van der Waals surface area contributed by atoms with E-state index < -0.39 is 0 Å². The molecule has 2 atom stereocenters. The molecule has 2 unspecified atom stereocenters. The minimum Gasteiger partial charge on any atom is -0.498 e. The first-order valence-corrected chi connectivity index (χ1v) is 5.65. The molecule has 1 aliphatic heterocycles. The zero-order valence-electron chi connectivity index (χ0n) is 9.18. The second kappa shape index (κ2) is 5.31. The minimum absolute atomic E-state index is 0.491. The Bertz CT molecular complexity index is 172. The lowest BCUT2D eigenvalue weighted by atomic mass is 9.87. The van der Waals surface area contributed by atoms with Gasteiger partial charge in [0.25, 0.3) is 0 Å². The van der Waals surface area contributed by atoms with E-state index in [0.717, 1.165) is 12.3 Å². The highest BCUT2D eigenvalue weighted by molar-refractivity contribution is 5.03. The smallest absolute Gasteiger partial charge is 0.101 e. The molecule has 1 rings (SSSR count). The van der Waals surface area contributed by atoms with Crippen LogP contribution < -0.4 is 0 Å². The molecule has 0 spiro atoms. The third-order valence-electron chi connectivity index (χ3n) is 3.01. The van der Waals surface area contributed by atoms with Gasteiger partial charge in [-0.3, -0.25) is 0 Å². The number of rotatable bonds is 4. The van der Waals surface area contributed by atoms with E-state index in [1.54, 1.807) is 0 Å². The van der Waals surface area contributed by atoms with E-state index in [-0.39, 0.29) is 0 Å². The molecule has 0 bridgehead atoms. The van der Waals surface area contributed by atoms with Gasteiger partial charge in [0.1, 0.15) is 6.10 Å². The van der Waals surface area contributed by atoms with E-state index in [1.807, 2.05) is 6.26 Å². The summed E-state index contributed by atoms with van der Waals surface area (Å²) < 4.78 is 5.76. The predicted molar refractivity (Wildman–Crippen MR) is 56.6 cm³/mol. The van der Waals surface area contributed by atoms with Crippen LogP contribution in [0, 0.1) is 5.92 Å². The van der Waals surface area contributed by atoms with E-state index in [2.05, 4.69) is 20.8 Å². The summed E-state index contributed by atoms with van der Waals surface area (Å²) in [5.74, 6) is 0.764. The molecule has 0 N–H and O–H groups in total. The fourth-order valence-electron chi connectivity index (χ4n) is 2.03. The Kier molecular flexibility index (Phi) is 4.34. The molecule has 0 saturated carbocycles. The first kappa shape index (κ1) is 10.6. The van der Waals surface area contributed by atoms with Crippen molar-refractivity contribution >= 4 is 0 Å². The molecular weight excluding hydrogens is 160 g/mol. The molecule has 13 heavy (non-hydrogen) atoms. The Balaban J connectivity index is 2.52. The van der Waals surface area contributed by atoms with Gasteiger partial charge >= 0.3 is 0 Å². The lowest BCUT2D eigenvalue weighted by molar-refractivity contribution is 0.0568. The topological polar surface area (TPSA) is 9.23 Å². The quantitative estimate of drug-likeness (QED) is 0.640. The van der Waals surface area contributed by atoms with Crippen LogP contribution in [0.3, 0.4) is 0 Å². The molecule has 0 aromatic carbocycles. The Morgan fingerprint density at radius 3 is 2.69 bits per heavy atom. The van der Waals surface area contributed by atoms with Gasteiger partial charge in [0, 0.05) is 0 Å². The van der Waals surface area contributed by atoms with Gasteiger partial charge in [0.15, 0.2) is 0 Å². The third kappa shape index (κ3) is 2.75. The van der Waals surface area contributed by atoms with Gasteiger partial charge in [-0.1, -0.05) is 27.2 Å². The number of allylic oxidation sites excluding steroid dienone is 1. The summed E-state index contributed by atoms with van der Waals surface area (Å²) in [4.78, 5) is 0. The fourth-order valence-corrected chi connectivity index (χ4v) is 2.03. The van der Waals surface area contributed by atoms with Gasteiger partial charge in [-0.15, -0.1) is 0 Å². The van der Waals surface area contributed by atoms with Gasteiger partial charge in [0.2, 0.25) is 0 Å². The second-order valence-corrected chi connectivity index (χ2v) is 3.97. The van der Waals surface area contributed by atoms with Crippen LogP contribution >= 0.6 is 0 Å². The minimum atomic E-state index is 0.491. The van der Waals surface area contributed by atoms with Gasteiger partial charge < -0.3 is 4.74 Å². The van der Waals surface area contributed by atoms with Crippen molar-refractivity contribution in [2.24, 2.45) is 5.92 Å². The lowest BCUT2D eigenvalue weighted by Crippen LogP contribution is -2.25. The average molecular weight is 182 g/mol. The summed E-state index contributed by atoms with van der Waals surface area (Å²) in [5, 5.41) is 0. The first-order valence-electron chi connectivity index (χ1n) is 5.65. The Labute approximate surface area is 82.2 Å². The van der Waals surface area contributed by atoms with Crippen LogP contribution in [0.15, 0.2) is 11.8 Å². The molecule has 1 nitrogen and oxygen atoms in total. The molecule has 0 saturated heterocycles. The molecule has 0 fully saturated rings. The number of ether oxygens (including phenoxy) is 1. The van der Waals surface area contributed by atoms with Crippen molar-refractivity contribution in [2.45, 2.75) is 59.0 Å². The van der Waals surface area contributed by atoms with Crippen LogP contribution in [0.5, 0.6) is 0 Å². The molecular formula is C12H22O. The largest absolute Gasteiger partial charge is 0.498 e. The molecule has 0 radical (unpaired) electrons. The Morgan fingerprint density at radius 2 is 2.15 bits per heavy atom. The molecule has 76 valence electrons. The van der Waals surface area contributed by atoms with Crippen molar-refractivity contribution in [3.8, 4) is 0 Å². The Hall–Kier alpha value is -0.460. The monoisotopic (exact) mass is 182 g/mol. The summed E-state index contributed by atoms with van der Waals surface area (Å²) >= 11 is 0. The van der Waals surface area contributed by atoms with Crippen LogP contribution in [-0.4, -0.2) is 6.10 Å². The summed E-state index contributed by atoms with van der Waals surface area (Å²) in [5.41, 5.74) is 1.49. The fraction of sp³-hybridized carbons (Fsp3) is 0.833. The van der Waals surface area contributed by atoms with Crippen molar-refractivity contribution in [3.05, 3.63) is 11.8 Å². The van der Waals surface area contributed by atoms with Crippen molar-refractivity contribution in [1.29, 1.82) is 0 Å². The van der Waals surface area contributed by atoms with Gasteiger partial charge in [-0.05, 0) is 37.2 Å². The SMILES string of the molecule is CCCC1OC=C(CC)CC1CC. The second-order valence-electron chi connectivity index (χ2n) is 3.97. The van der Waals surface area contributed by atoms with E-state index in [9.17, 15) is 0 Å². The van der Waals surface area contributed by atoms with E-state index in [0.29, 0.717) is 6.10 Å². The van der Waals surface area contributed by atoms with Crippen molar-refractivity contribution in [3.63, 3.8) is 0 Å². The first-order chi connectivity index (χ1) is 6.31. The van der Waals surface area contributed by atoms with Crippen LogP contribution in [-0.2, 0) is 4.74 Å². The molecule has 1 aliphatic rings. The molecule has 1 heterocycles. The molecule has 1 heteroatoms. The third-order valence-corrected chi connectivity index (χ3v) is 3.01. The van der Waals surface area contributed by atoms with Crippen LogP contribution in [0.2, 0.25) is 0 Å². The normalized spacial score (nSPS) is 28.1. The standard InChI is InChI=1S/C12H22O/c1-4-7-12-11(6-3)8-10(5-2)9-13-12/h9,11-12H,4-8H2,1-3H3. The summed E-state index contributed by atoms with van der Waals surface area (Å²) in [6.45, 7) is 6.71. The summed E-state index contributed by atoms with van der Waals surface area (Å²) in [7, 11) is 0. The van der Waals surface area contributed by atoms with Crippen LogP contribution in [0.4, 0.5) is 0 Å². The maximum absolute atomic E-state index is 5.76. The maximum atomic E-state index is 5.76. The zero-order chi connectivity index (χ0) is 9.68. The molecule has 0 amide bonds. The average Bonchev–Trinajstić information content (AvgIpc) is 2.19. The number of hydrogen-bond acceptors (Lipinski definition) is 1. The molecule has 0 aliphatic carbocycles. The number of hydrogen-bond donors (Lipinski definition) is 0. The van der Waals surface area contributed by atoms with Crippen LogP contribution in [0.25, 0.3) is 0 Å². The molecule has 0 aromatic heterocycles. The Morgan fingerprint density at radius 1 is 1.38 bits per heavy atom. The molecule has 0 aromatic rings. The van der Waals surface area contributed by atoms with Crippen molar-refractivity contribution in [1.82, 2.24) is 0 Å². The lowest BCUT2D eigenvalue weighted by Gasteiger charge is -2.30. The van der Waals surface area contributed by atoms with E-state index in [1.165, 1.54) is 31.3 Å². The van der Waals surface area contributed by atoms with Gasteiger partial charge in [-0.25, -0.2) is 0 Å². The highest BCUT2D eigenvalue weighted by Crippen LogP contribution is 2.30. The highest BCUT2D eigenvalue weighted by atomic mass is 16.5. The van der Waals surface area contributed by atoms with Gasteiger partial charge in [-0.2, -0.15) is 0 Å². The van der Waals surface area contributed by atoms with E-state index in [4.69, 9.17) is 4.74 Å². The van der Waals surface area contributed by atoms with Crippen LogP contribution in [0.1, 0.15) is 52.9 Å². The highest BCUT2D eigenvalue weighted by Gasteiger charge is 2.24. The van der Waals surface area contributed by atoms with Crippen molar-refractivity contribution in [2.75, 3.05) is 0 Å². The van der Waals surface area contributed by atoms with E-state index >= 15 is 0 Å². The van der Waals surface area contributed by atoms with Crippen molar-refractivity contribution < 1.29 is 4.74 Å². The summed E-state index contributed by atoms with van der Waals surface area (Å²) in [6.07, 6.45) is 8.61.